The lowest BCUT2D eigenvalue weighted by Gasteiger charge is -2.13. The lowest BCUT2D eigenvalue weighted by molar-refractivity contribution is 0.924. The largest absolute Gasteiger partial charge is 0.340 e. The van der Waals surface area contributed by atoms with Crippen molar-refractivity contribution in [1.29, 1.82) is 0 Å². The predicted molar refractivity (Wildman–Crippen MR) is 97.6 cm³/mol. The van der Waals surface area contributed by atoms with Crippen LogP contribution in [0.4, 0.5) is 11.5 Å². The molecule has 0 aliphatic heterocycles. The molecule has 0 atom stereocenters. The zero-order valence-electron chi connectivity index (χ0n) is 13.7. The number of nitrogens with zero attached hydrogens (tertiary/aromatic N) is 3. The average Bonchev–Trinajstić information content (AvgIpc) is 3.04. The van der Waals surface area contributed by atoms with Crippen molar-refractivity contribution in [3.63, 3.8) is 0 Å². The van der Waals surface area contributed by atoms with Gasteiger partial charge in [-0.1, -0.05) is 48.5 Å². The highest BCUT2D eigenvalue weighted by atomic mass is 15.3. The van der Waals surface area contributed by atoms with Crippen LogP contribution in [-0.4, -0.2) is 14.6 Å². The number of hydrogen-bond acceptors (Lipinski definition) is 3. The Kier molecular flexibility index (Phi) is 3.50. The number of para-hydroxylation sites is 1. The summed E-state index contributed by atoms with van der Waals surface area (Å²) in [5.74, 6) is 0.950. The van der Waals surface area contributed by atoms with Crippen LogP contribution in [0.2, 0.25) is 0 Å². The molecule has 2 aromatic carbocycles. The number of aromatic nitrogens is 3. The zero-order chi connectivity index (χ0) is 16.5. The fraction of sp³-hybridized carbons (Fsp3) is 0.100. The Morgan fingerprint density at radius 1 is 0.875 bits per heavy atom. The lowest BCUT2D eigenvalue weighted by Crippen LogP contribution is -2.06. The summed E-state index contributed by atoms with van der Waals surface area (Å²) in [6.45, 7) is 4.10. The maximum atomic E-state index is 4.77. The molecular weight excluding hydrogens is 296 g/mol. The van der Waals surface area contributed by atoms with Crippen LogP contribution in [0.5, 0.6) is 0 Å². The fourth-order valence-corrected chi connectivity index (χ4v) is 2.81. The van der Waals surface area contributed by atoms with Crippen LogP contribution in [0.25, 0.3) is 16.8 Å². The van der Waals surface area contributed by atoms with E-state index in [9.17, 15) is 0 Å². The van der Waals surface area contributed by atoms with Gasteiger partial charge in [-0.05, 0) is 31.5 Å². The molecule has 0 spiro atoms. The summed E-state index contributed by atoms with van der Waals surface area (Å²) in [4.78, 5) is 4.77. The van der Waals surface area contributed by atoms with Gasteiger partial charge in [0.25, 0.3) is 0 Å². The standard InChI is InChI=1S/C20H18N4/c1-14-15(2)22-20-18(16-9-5-3-6-10-16)13-21-24(20)19(14)23-17-11-7-4-8-12-17/h3-13,23H,1-2H3. The van der Waals surface area contributed by atoms with E-state index >= 15 is 0 Å². The number of benzene rings is 2. The van der Waals surface area contributed by atoms with Crippen molar-refractivity contribution < 1.29 is 0 Å². The lowest BCUT2D eigenvalue weighted by atomic mass is 10.1. The maximum Gasteiger partial charge on any atom is 0.165 e. The van der Waals surface area contributed by atoms with Gasteiger partial charge in [-0.3, -0.25) is 0 Å². The second-order valence-electron chi connectivity index (χ2n) is 5.82. The summed E-state index contributed by atoms with van der Waals surface area (Å²) in [6, 6.07) is 20.4. The number of anilines is 2. The van der Waals surface area contributed by atoms with Crippen molar-refractivity contribution in [3.8, 4) is 11.1 Å². The van der Waals surface area contributed by atoms with E-state index in [0.717, 1.165) is 39.5 Å². The van der Waals surface area contributed by atoms with E-state index in [1.807, 2.05) is 66.2 Å². The Morgan fingerprint density at radius 2 is 1.54 bits per heavy atom. The first-order chi connectivity index (χ1) is 11.7. The molecule has 2 aromatic heterocycles. The van der Waals surface area contributed by atoms with Crippen LogP contribution in [-0.2, 0) is 0 Å². The van der Waals surface area contributed by atoms with Gasteiger partial charge in [0.05, 0.1) is 6.20 Å². The molecule has 0 saturated heterocycles. The highest BCUT2D eigenvalue weighted by Crippen LogP contribution is 2.29. The molecule has 0 amide bonds. The summed E-state index contributed by atoms with van der Waals surface area (Å²) >= 11 is 0. The fourth-order valence-electron chi connectivity index (χ4n) is 2.81. The number of fused-ring (bicyclic) bond motifs is 1. The van der Waals surface area contributed by atoms with Crippen LogP contribution in [0.3, 0.4) is 0 Å². The molecule has 2 heterocycles. The topological polar surface area (TPSA) is 42.2 Å². The number of nitrogens with one attached hydrogen (secondary N) is 1. The minimum absolute atomic E-state index is 0.864. The van der Waals surface area contributed by atoms with Gasteiger partial charge in [0.2, 0.25) is 0 Å². The second kappa shape index (κ2) is 5.81. The molecule has 0 unspecified atom stereocenters. The molecule has 4 rings (SSSR count). The Morgan fingerprint density at radius 3 is 2.25 bits per heavy atom. The van der Waals surface area contributed by atoms with Gasteiger partial charge in [0.15, 0.2) is 5.65 Å². The molecule has 4 nitrogen and oxygen atoms in total. The highest BCUT2D eigenvalue weighted by Gasteiger charge is 2.15. The van der Waals surface area contributed by atoms with E-state index in [1.54, 1.807) is 0 Å². The first kappa shape index (κ1) is 14.5. The molecule has 24 heavy (non-hydrogen) atoms. The molecule has 0 radical (unpaired) electrons. The van der Waals surface area contributed by atoms with Crippen LogP contribution in [0, 0.1) is 13.8 Å². The third-order valence-corrected chi connectivity index (χ3v) is 4.25. The summed E-state index contributed by atoms with van der Waals surface area (Å²) in [7, 11) is 0. The summed E-state index contributed by atoms with van der Waals surface area (Å²) in [5, 5.41) is 8.07. The molecule has 0 saturated carbocycles. The number of aryl methyl sites for hydroxylation is 1. The average molecular weight is 314 g/mol. The molecule has 4 heteroatoms. The monoisotopic (exact) mass is 314 g/mol. The normalized spacial score (nSPS) is 10.9. The summed E-state index contributed by atoms with van der Waals surface area (Å²) in [6.07, 6.45) is 1.88. The van der Waals surface area contributed by atoms with Crippen molar-refractivity contribution in [2.75, 3.05) is 5.32 Å². The maximum absolute atomic E-state index is 4.77. The van der Waals surface area contributed by atoms with E-state index in [4.69, 9.17) is 4.98 Å². The smallest absolute Gasteiger partial charge is 0.165 e. The number of hydrogen-bond donors (Lipinski definition) is 1. The van der Waals surface area contributed by atoms with Gasteiger partial charge in [0.1, 0.15) is 5.82 Å². The molecule has 0 fully saturated rings. The minimum atomic E-state index is 0.864. The van der Waals surface area contributed by atoms with Crippen LogP contribution in [0.15, 0.2) is 66.9 Å². The Balaban J connectivity index is 1.91. The molecule has 0 bridgehead atoms. The van der Waals surface area contributed by atoms with E-state index in [0.29, 0.717) is 0 Å². The van der Waals surface area contributed by atoms with Crippen molar-refractivity contribution >= 4 is 17.2 Å². The first-order valence-corrected chi connectivity index (χ1v) is 7.96. The highest BCUT2D eigenvalue weighted by molar-refractivity contribution is 5.79. The van der Waals surface area contributed by atoms with Crippen LogP contribution in [0.1, 0.15) is 11.3 Å². The van der Waals surface area contributed by atoms with Crippen molar-refractivity contribution in [1.82, 2.24) is 14.6 Å². The second-order valence-corrected chi connectivity index (χ2v) is 5.82. The zero-order valence-corrected chi connectivity index (χ0v) is 13.7. The molecule has 118 valence electrons. The van der Waals surface area contributed by atoms with Gasteiger partial charge < -0.3 is 5.32 Å². The van der Waals surface area contributed by atoms with E-state index < -0.39 is 0 Å². The minimum Gasteiger partial charge on any atom is -0.340 e. The van der Waals surface area contributed by atoms with Gasteiger partial charge >= 0.3 is 0 Å². The number of rotatable bonds is 3. The Hall–Kier alpha value is -3.14. The summed E-state index contributed by atoms with van der Waals surface area (Å²) < 4.78 is 1.89. The Labute approximate surface area is 140 Å². The third-order valence-electron chi connectivity index (χ3n) is 4.25. The van der Waals surface area contributed by atoms with E-state index in [-0.39, 0.29) is 0 Å². The third kappa shape index (κ3) is 2.42. The van der Waals surface area contributed by atoms with Crippen LogP contribution >= 0.6 is 0 Å². The van der Waals surface area contributed by atoms with Crippen LogP contribution < -0.4 is 5.32 Å². The van der Waals surface area contributed by atoms with Gasteiger partial charge in [0, 0.05) is 22.5 Å². The molecular formula is C20H18N4. The molecule has 0 aliphatic carbocycles. The first-order valence-electron chi connectivity index (χ1n) is 7.96. The van der Waals surface area contributed by atoms with Gasteiger partial charge in [-0.15, -0.1) is 0 Å². The SMILES string of the molecule is Cc1nc2c(-c3ccccc3)cnn2c(Nc2ccccc2)c1C. The van der Waals surface area contributed by atoms with E-state index in [1.165, 1.54) is 0 Å². The van der Waals surface area contributed by atoms with Crippen molar-refractivity contribution in [2.45, 2.75) is 13.8 Å². The van der Waals surface area contributed by atoms with Crippen molar-refractivity contribution in [3.05, 3.63) is 78.1 Å². The van der Waals surface area contributed by atoms with E-state index in [2.05, 4.69) is 29.5 Å². The Bertz CT molecular complexity index is 989. The quantitative estimate of drug-likeness (QED) is 0.593. The molecule has 1 N–H and O–H groups in total. The van der Waals surface area contributed by atoms with Gasteiger partial charge in [-0.2, -0.15) is 9.61 Å². The van der Waals surface area contributed by atoms with Crippen molar-refractivity contribution in [2.24, 2.45) is 0 Å². The predicted octanol–water partition coefficient (Wildman–Crippen LogP) is 4.76. The van der Waals surface area contributed by atoms with Gasteiger partial charge in [-0.25, -0.2) is 4.98 Å². The summed E-state index contributed by atoms with van der Waals surface area (Å²) in [5.41, 5.74) is 6.14. The molecule has 4 aromatic rings. The molecule has 0 aliphatic rings.